The Balaban J connectivity index is 1.95. The summed E-state index contributed by atoms with van der Waals surface area (Å²) in [7, 11) is 0. The van der Waals surface area contributed by atoms with Crippen molar-refractivity contribution in [2.75, 3.05) is 0 Å². The fourth-order valence-electron chi connectivity index (χ4n) is 2.77. The second-order valence-electron chi connectivity index (χ2n) is 5.40. The number of carbonyl (C=O) groups is 1. The van der Waals surface area contributed by atoms with Gasteiger partial charge in [0.05, 0.1) is 6.10 Å². The highest BCUT2D eigenvalue weighted by Crippen LogP contribution is 2.41. The van der Waals surface area contributed by atoms with Crippen LogP contribution in [-0.2, 0) is 4.79 Å². The number of hydrogen-bond acceptors (Lipinski definition) is 4. The summed E-state index contributed by atoms with van der Waals surface area (Å²) in [6.07, 6.45) is 5.00. The molecule has 0 aromatic rings. The second-order valence-corrected chi connectivity index (χ2v) is 5.40. The lowest BCUT2D eigenvalue weighted by molar-refractivity contribution is -0.132. The molecule has 5 N–H and O–H groups in total. The van der Waals surface area contributed by atoms with Gasteiger partial charge in [0.15, 0.2) is 5.84 Å². The average Bonchev–Trinajstić information content (AvgIpc) is 2.30. The monoisotopic (exact) mass is 255 g/mol. The minimum atomic E-state index is -0.801. The first kappa shape index (κ1) is 13.1. The van der Waals surface area contributed by atoms with E-state index in [1.54, 1.807) is 0 Å². The van der Waals surface area contributed by atoms with E-state index in [0.717, 1.165) is 32.1 Å². The van der Waals surface area contributed by atoms with Crippen molar-refractivity contribution in [1.82, 2.24) is 5.32 Å². The smallest absolute Gasteiger partial charge is 0.234 e. The molecule has 6 nitrogen and oxygen atoms in total. The molecule has 2 aliphatic rings. The van der Waals surface area contributed by atoms with E-state index in [1.807, 2.05) is 0 Å². The molecule has 0 bridgehead atoms. The SMILES string of the molecule is NC(=NO)C1(C(=O)NC2CCC(O)CC2)CCC1. The largest absolute Gasteiger partial charge is 0.409 e. The Morgan fingerprint density at radius 2 is 1.89 bits per heavy atom. The van der Waals surface area contributed by atoms with E-state index >= 15 is 0 Å². The molecule has 6 heteroatoms. The maximum Gasteiger partial charge on any atom is 0.234 e. The lowest BCUT2D eigenvalue weighted by Gasteiger charge is -2.40. The Labute approximate surface area is 106 Å². The number of carbonyl (C=O) groups excluding carboxylic acids is 1. The zero-order chi connectivity index (χ0) is 13.2. The molecule has 2 fully saturated rings. The van der Waals surface area contributed by atoms with Crippen LogP contribution in [0.1, 0.15) is 44.9 Å². The Kier molecular flexibility index (Phi) is 3.75. The second kappa shape index (κ2) is 5.14. The number of nitrogens with two attached hydrogens (primary N) is 1. The number of amidine groups is 1. The summed E-state index contributed by atoms with van der Waals surface area (Å²) >= 11 is 0. The maximum absolute atomic E-state index is 12.3. The van der Waals surface area contributed by atoms with Crippen LogP contribution in [0.25, 0.3) is 0 Å². The topological polar surface area (TPSA) is 108 Å². The van der Waals surface area contributed by atoms with Gasteiger partial charge in [-0.25, -0.2) is 0 Å². The number of aliphatic hydroxyl groups is 1. The van der Waals surface area contributed by atoms with Crippen molar-refractivity contribution in [3.05, 3.63) is 0 Å². The molecule has 2 aliphatic carbocycles. The predicted molar refractivity (Wildman–Crippen MR) is 66.1 cm³/mol. The van der Waals surface area contributed by atoms with Gasteiger partial charge in [-0.3, -0.25) is 4.79 Å². The normalized spacial score (nSPS) is 31.5. The molecular formula is C12H21N3O3. The van der Waals surface area contributed by atoms with Crippen LogP contribution in [0.15, 0.2) is 5.16 Å². The highest BCUT2D eigenvalue weighted by Gasteiger charge is 2.48. The third-order valence-corrected chi connectivity index (χ3v) is 4.27. The Morgan fingerprint density at radius 3 is 2.33 bits per heavy atom. The third-order valence-electron chi connectivity index (χ3n) is 4.27. The van der Waals surface area contributed by atoms with Gasteiger partial charge in [-0.15, -0.1) is 0 Å². The summed E-state index contributed by atoms with van der Waals surface area (Å²) in [5.41, 5.74) is 4.84. The Hall–Kier alpha value is -1.30. The van der Waals surface area contributed by atoms with Gasteiger partial charge in [0.1, 0.15) is 5.41 Å². The molecule has 102 valence electrons. The van der Waals surface area contributed by atoms with Crippen LogP contribution in [0.2, 0.25) is 0 Å². The van der Waals surface area contributed by atoms with Gasteiger partial charge in [0.25, 0.3) is 0 Å². The lowest BCUT2D eigenvalue weighted by Crippen LogP contribution is -2.56. The van der Waals surface area contributed by atoms with Crippen LogP contribution in [0.4, 0.5) is 0 Å². The lowest BCUT2D eigenvalue weighted by atomic mass is 9.67. The molecule has 0 heterocycles. The first-order chi connectivity index (χ1) is 8.58. The number of amides is 1. The number of hydrogen-bond donors (Lipinski definition) is 4. The van der Waals surface area contributed by atoms with Gasteiger partial charge in [-0.05, 0) is 38.5 Å². The molecule has 0 aromatic carbocycles. The van der Waals surface area contributed by atoms with Crippen molar-refractivity contribution in [3.8, 4) is 0 Å². The van der Waals surface area contributed by atoms with Crippen LogP contribution in [0.3, 0.4) is 0 Å². The van der Waals surface area contributed by atoms with E-state index < -0.39 is 5.41 Å². The molecule has 0 unspecified atom stereocenters. The van der Waals surface area contributed by atoms with Gasteiger partial charge in [-0.2, -0.15) is 0 Å². The highest BCUT2D eigenvalue weighted by atomic mass is 16.4. The molecule has 2 rings (SSSR count). The van der Waals surface area contributed by atoms with Crippen molar-refractivity contribution in [2.24, 2.45) is 16.3 Å². The van der Waals surface area contributed by atoms with Crippen LogP contribution in [0, 0.1) is 5.41 Å². The van der Waals surface area contributed by atoms with Gasteiger partial charge in [-0.1, -0.05) is 11.6 Å². The van der Waals surface area contributed by atoms with Crippen LogP contribution < -0.4 is 11.1 Å². The molecule has 0 spiro atoms. The summed E-state index contributed by atoms with van der Waals surface area (Å²) in [6.45, 7) is 0. The van der Waals surface area contributed by atoms with E-state index in [-0.39, 0.29) is 23.9 Å². The fraction of sp³-hybridized carbons (Fsp3) is 0.833. The molecule has 0 radical (unpaired) electrons. The molecular weight excluding hydrogens is 234 g/mol. The van der Waals surface area contributed by atoms with Gasteiger partial charge in [0, 0.05) is 6.04 Å². The van der Waals surface area contributed by atoms with Crippen molar-refractivity contribution < 1.29 is 15.1 Å². The molecule has 2 saturated carbocycles. The number of aliphatic hydroxyl groups excluding tert-OH is 1. The molecule has 0 saturated heterocycles. The summed E-state index contributed by atoms with van der Waals surface area (Å²) in [6, 6.07) is 0.102. The van der Waals surface area contributed by atoms with Gasteiger partial charge >= 0.3 is 0 Å². The average molecular weight is 255 g/mol. The van der Waals surface area contributed by atoms with Crippen molar-refractivity contribution in [1.29, 1.82) is 0 Å². The zero-order valence-corrected chi connectivity index (χ0v) is 10.4. The highest BCUT2D eigenvalue weighted by molar-refractivity contribution is 6.07. The molecule has 0 atom stereocenters. The van der Waals surface area contributed by atoms with Gasteiger partial charge in [0.2, 0.25) is 5.91 Å². The van der Waals surface area contributed by atoms with Crippen molar-refractivity contribution in [3.63, 3.8) is 0 Å². The molecule has 0 aromatic heterocycles. The third kappa shape index (κ3) is 2.29. The van der Waals surface area contributed by atoms with E-state index in [4.69, 9.17) is 10.9 Å². The molecule has 0 aliphatic heterocycles. The van der Waals surface area contributed by atoms with Crippen molar-refractivity contribution in [2.45, 2.75) is 57.1 Å². The maximum atomic E-state index is 12.3. The quantitative estimate of drug-likeness (QED) is 0.252. The summed E-state index contributed by atoms with van der Waals surface area (Å²) in [4.78, 5) is 12.3. The number of rotatable bonds is 3. The molecule has 1 amide bonds. The number of nitrogens with one attached hydrogen (secondary N) is 1. The first-order valence-electron chi connectivity index (χ1n) is 6.55. The number of oxime groups is 1. The Morgan fingerprint density at radius 1 is 1.28 bits per heavy atom. The molecule has 18 heavy (non-hydrogen) atoms. The summed E-state index contributed by atoms with van der Waals surface area (Å²) in [5, 5.41) is 24.2. The minimum Gasteiger partial charge on any atom is -0.409 e. The van der Waals surface area contributed by atoms with Crippen LogP contribution in [-0.4, -0.2) is 34.2 Å². The predicted octanol–water partition coefficient (Wildman–Crippen LogP) is 0.323. The van der Waals surface area contributed by atoms with E-state index in [1.165, 1.54) is 0 Å². The summed E-state index contributed by atoms with van der Waals surface area (Å²) < 4.78 is 0. The van der Waals surface area contributed by atoms with Crippen LogP contribution >= 0.6 is 0 Å². The van der Waals surface area contributed by atoms with Crippen LogP contribution in [0.5, 0.6) is 0 Å². The van der Waals surface area contributed by atoms with Crippen molar-refractivity contribution >= 4 is 11.7 Å². The van der Waals surface area contributed by atoms with Gasteiger partial charge < -0.3 is 21.4 Å². The van der Waals surface area contributed by atoms with E-state index in [9.17, 15) is 9.90 Å². The first-order valence-corrected chi connectivity index (χ1v) is 6.55. The standard InChI is InChI=1S/C12H21N3O3/c13-10(15-18)12(6-1-7-12)11(17)14-8-2-4-9(16)5-3-8/h8-9,16,18H,1-7H2,(H2,13,15)(H,14,17). The minimum absolute atomic E-state index is 0.0158. The number of nitrogens with zero attached hydrogens (tertiary/aromatic N) is 1. The zero-order valence-electron chi connectivity index (χ0n) is 10.4. The van der Waals surface area contributed by atoms with E-state index in [0.29, 0.717) is 12.8 Å². The summed E-state index contributed by atoms with van der Waals surface area (Å²) in [5.74, 6) is -0.118. The fourth-order valence-corrected chi connectivity index (χ4v) is 2.77. The Bertz CT molecular complexity index is 344. The van der Waals surface area contributed by atoms with E-state index in [2.05, 4.69) is 10.5 Å².